The van der Waals surface area contributed by atoms with Gasteiger partial charge in [-0.3, -0.25) is 9.59 Å². The predicted molar refractivity (Wildman–Crippen MR) is 106 cm³/mol. The molecule has 2 amide bonds. The molecule has 0 bridgehead atoms. The van der Waals surface area contributed by atoms with Gasteiger partial charge in [0.1, 0.15) is 5.82 Å². The fourth-order valence-electron chi connectivity index (χ4n) is 4.16. The number of benzene rings is 1. The van der Waals surface area contributed by atoms with Crippen molar-refractivity contribution in [2.45, 2.75) is 65.5 Å². The molecule has 0 aliphatic heterocycles. The molecule has 1 aromatic heterocycles. The number of para-hydroxylation sites is 2. The lowest BCUT2D eigenvalue weighted by atomic mass is 9.81. The highest BCUT2D eigenvalue weighted by atomic mass is 16.2. The van der Waals surface area contributed by atoms with E-state index in [4.69, 9.17) is 0 Å². The number of carbonyl (C=O) groups is 2. The molecule has 0 spiro atoms. The molecule has 146 valence electrons. The normalized spacial score (nSPS) is 16.0. The standard InChI is InChI=1S/C21H30N4O2/c1-15(2)23-19(26)14-21(10-6-7-11-21)20(27)22-12-13-25-16(3)24-17-8-4-5-9-18(17)25/h4-5,8-9,15H,6-7,10-14H2,1-3H3,(H,22,27)(H,23,26). The molecule has 1 aromatic carbocycles. The summed E-state index contributed by atoms with van der Waals surface area (Å²) in [6.07, 6.45) is 3.88. The van der Waals surface area contributed by atoms with Crippen molar-refractivity contribution in [1.82, 2.24) is 20.2 Å². The van der Waals surface area contributed by atoms with E-state index >= 15 is 0 Å². The van der Waals surface area contributed by atoms with Crippen LogP contribution >= 0.6 is 0 Å². The summed E-state index contributed by atoms with van der Waals surface area (Å²) in [4.78, 5) is 29.8. The Labute approximate surface area is 160 Å². The Morgan fingerprint density at radius 2 is 1.93 bits per heavy atom. The maximum absolute atomic E-state index is 12.9. The molecule has 1 aliphatic carbocycles. The van der Waals surface area contributed by atoms with Crippen molar-refractivity contribution in [1.29, 1.82) is 0 Å². The van der Waals surface area contributed by atoms with E-state index in [-0.39, 0.29) is 24.3 Å². The predicted octanol–water partition coefficient (Wildman–Crippen LogP) is 2.94. The second kappa shape index (κ2) is 8.11. The first-order valence-corrected chi connectivity index (χ1v) is 9.91. The van der Waals surface area contributed by atoms with Gasteiger partial charge < -0.3 is 15.2 Å². The van der Waals surface area contributed by atoms with E-state index in [0.717, 1.165) is 42.5 Å². The minimum atomic E-state index is -0.551. The van der Waals surface area contributed by atoms with Crippen LogP contribution in [-0.4, -0.2) is 34.0 Å². The number of hydrogen-bond donors (Lipinski definition) is 2. The number of rotatable bonds is 7. The highest BCUT2D eigenvalue weighted by molar-refractivity contribution is 5.89. The first kappa shape index (κ1) is 19.4. The SMILES string of the molecule is Cc1nc2ccccc2n1CCNC(=O)C1(CC(=O)NC(C)C)CCCC1. The van der Waals surface area contributed by atoms with Gasteiger partial charge in [0, 0.05) is 25.6 Å². The zero-order valence-electron chi connectivity index (χ0n) is 16.5. The van der Waals surface area contributed by atoms with Gasteiger partial charge >= 0.3 is 0 Å². The first-order valence-electron chi connectivity index (χ1n) is 9.91. The lowest BCUT2D eigenvalue weighted by molar-refractivity contribution is -0.136. The summed E-state index contributed by atoms with van der Waals surface area (Å²) in [5, 5.41) is 6.01. The molecule has 0 saturated heterocycles. The smallest absolute Gasteiger partial charge is 0.226 e. The maximum atomic E-state index is 12.9. The van der Waals surface area contributed by atoms with Crippen LogP contribution in [0.15, 0.2) is 24.3 Å². The lowest BCUT2D eigenvalue weighted by Gasteiger charge is -2.27. The highest BCUT2D eigenvalue weighted by Gasteiger charge is 2.42. The van der Waals surface area contributed by atoms with Crippen LogP contribution in [0.2, 0.25) is 0 Å². The Morgan fingerprint density at radius 3 is 2.63 bits per heavy atom. The Morgan fingerprint density at radius 1 is 1.22 bits per heavy atom. The fourth-order valence-corrected chi connectivity index (χ4v) is 4.16. The van der Waals surface area contributed by atoms with Crippen LogP contribution in [0.1, 0.15) is 51.8 Å². The Hall–Kier alpha value is -2.37. The maximum Gasteiger partial charge on any atom is 0.226 e. The van der Waals surface area contributed by atoms with Crippen LogP contribution in [0.3, 0.4) is 0 Å². The number of amides is 2. The minimum absolute atomic E-state index is 0.0148. The lowest BCUT2D eigenvalue weighted by Crippen LogP contribution is -2.44. The molecule has 6 nitrogen and oxygen atoms in total. The van der Waals surface area contributed by atoms with Gasteiger partial charge in [0.15, 0.2) is 0 Å². The van der Waals surface area contributed by atoms with Crippen molar-refractivity contribution in [2.75, 3.05) is 6.54 Å². The summed E-state index contributed by atoms with van der Waals surface area (Å²) < 4.78 is 2.13. The van der Waals surface area contributed by atoms with Crippen LogP contribution in [-0.2, 0) is 16.1 Å². The number of nitrogens with one attached hydrogen (secondary N) is 2. The van der Waals surface area contributed by atoms with E-state index in [1.54, 1.807) is 0 Å². The van der Waals surface area contributed by atoms with E-state index in [2.05, 4.69) is 20.2 Å². The van der Waals surface area contributed by atoms with Gasteiger partial charge in [-0.2, -0.15) is 0 Å². The topological polar surface area (TPSA) is 76.0 Å². The molecule has 0 unspecified atom stereocenters. The summed E-state index contributed by atoms with van der Waals surface area (Å²) in [7, 11) is 0. The van der Waals surface area contributed by atoms with Gasteiger partial charge in [0.05, 0.1) is 16.4 Å². The van der Waals surface area contributed by atoms with Crippen molar-refractivity contribution in [2.24, 2.45) is 5.41 Å². The van der Waals surface area contributed by atoms with Crippen LogP contribution in [0, 0.1) is 12.3 Å². The second-order valence-electron chi connectivity index (χ2n) is 7.94. The number of carbonyl (C=O) groups excluding carboxylic acids is 2. The number of aromatic nitrogens is 2. The molecule has 2 N–H and O–H groups in total. The molecular weight excluding hydrogens is 340 g/mol. The monoisotopic (exact) mass is 370 g/mol. The van der Waals surface area contributed by atoms with Crippen molar-refractivity contribution in [3.63, 3.8) is 0 Å². The average molecular weight is 370 g/mol. The molecule has 0 radical (unpaired) electrons. The largest absolute Gasteiger partial charge is 0.354 e. The third-order valence-electron chi connectivity index (χ3n) is 5.46. The van der Waals surface area contributed by atoms with Crippen LogP contribution < -0.4 is 10.6 Å². The van der Waals surface area contributed by atoms with Gasteiger partial charge in [-0.05, 0) is 45.7 Å². The molecule has 1 saturated carbocycles. The van der Waals surface area contributed by atoms with Crippen LogP contribution in [0.25, 0.3) is 11.0 Å². The van der Waals surface area contributed by atoms with E-state index in [1.165, 1.54) is 0 Å². The minimum Gasteiger partial charge on any atom is -0.354 e. The molecule has 6 heteroatoms. The van der Waals surface area contributed by atoms with E-state index < -0.39 is 5.41 Å². The zero-order chi connectivity index (χ0) is 19.4. The Balaban J connectivity index is 1.63. The average Bonchev–Trinajstić information content (AvgIpc) is 3.19. The number of aryl methyl sites for hydroxylation is 1. The van der Waals surface area contributed by atoms with E-state index in [1.807, 2.05) is 45.0 Å². The number of imidazole rings is 1. The van der Waals surface area contributed by atoms with Crippen molar-refractivity contribution >= 4 is 22.8 Å². The zero-order valence-corrected chi connectivity index (χ0v) is 16.5. The summed E-state index contributed by atoms with van der Waals surface area (Å²) in [5.74, 6) is 0.928. The van der Waals surface area contributed by atoms with Crippen LogP contribution in [0.4, 0.5) is 0 Å². The van der Waals surface area contributed by atoms with Gasteiger partial charge in [0.25, 0.3) is 0 Å². The van der Waals surface area contributed by atoms with E-state index in [0.29, 0.717) is 13.1 Å². The van der Waals surface area contributed by atoms with Crippen molar-refractivity contribution < 1.29 is 9.59 Å². The molecular formula is C21H30N4O2. The number of hydrogen-bond acceptors (Lipinski definition) is 3. The molecule has 1 fully saturated rings. The number of fused-ring (bicyclic) bond motifs is 1. The third kappa shape index (κ3) is 4.31. The van der Waals surface area contributed by atoms with E-state index in [9.17, 15) is 9.59 Å². The fraction of sp³-hybridized carbons (Fsp3) is 0.571. The van der Waals surface area contributed by atoms with Crippen molar-refractivity contribution in [3.8, 4) is 0 Å². The molecule has 27 heavy (non-hydrogen) atoms. The van der Waals surface area contributed by atoms with Gasteiger partial charge in [-0.25, -0.2) is 4.98 Å². The third-order valence-corrected chi connectivity index (χ3v) is 5.46. The molecule has 1 aliphatic rings. The van der Waals surface area contributed by atoms with Crippen molar-refractivity contribution in [3.05, 3.63) is 30.1 Å². The highest BCUT2D eigenvalue weighted by Crippen LogP contribution is 2.41. The summed E-state index contributed by atoms with van der Waals surface area (Å²) in [6.45, 7) is 7.07. The van der Waals surface area contributed by atoms with Crippen LogP contribution in [0.5, 0.6) is 0 Å². The molecule has 3 rings (SSSR count). The summed E-state index contributed by atoms with van der Waals surface area (Å²) in [5.41, 5.74) is 1.50. The summed E-state index contributed by atoms with van der Waals surface area (Å²) >= 11 is 0. The molecule has 2 aromatic rings. The van der Waals surface area contributed by atoms with Gasteiger partial charge in [0.2, 0.25) is 11.8 Å². The number of nitrogens with zero attached hydrogens (tertiary/aromatic N) is 2. The Kier molecular flexibility index (Phi) is 5.82. The summed E-state index contributed by atoms with van der Waals surface area (Å²) in [6, 6.07) is 8.12. The first-order chi connectivity index (χ1) is 12.9. The van der Waals surface area contributed by atoms with Gasteiger partial charge in [-0.1, -0.05) is 25.0 Å². The Bertz CT molecular complexity index is 819. The second-order valence-corrected chi connectivity index (χ2v) is 7.94. The molecule has 1 heterocycles. The molecule has 0 atom stereocenters. The van der Waals surface area contributed by atoms with Gasteiger partial charge in [-0.15, -0.1) is 0 Å². The quantitative estimate of drug-likeness (QED) is 0.787.